The number of nitrogens with zero attached hydrogens (tertiary/aromatic N) is 1. The molecule has 2 N–H and O–H groups in total. The molecular weight excluding hydrogens is 176 g/mol. The van der Waals surface area contributed by atoms with Gasteiger partial charge in [0.25, 0.3) is 0 Å². The second-order valence-electron chi connectivity index (χ2n) is 4.81. The number of rotatable bonds is 3. The van der Waals surface area contributed by atoms with E-state index < -0.39 is 0 Å². The van der Waals surface area contributed by atoms with Crippen molar-refractivity contribution in [2.45, 2.75) is 51.1 Å². The maximum Gasteiger partial charge on any atom is 0.0672 e. The van der Waals surface area contributed by atoms with Crippen molar-refractivity contribution in [2.24, 2.45) is 5.92 Å². The normalized spacial score (nSPS) is 28.4. The molecule has 0 amide bonds. The monoisotopic (exact) mass is 196 g/mol. The number of aliphatic hydroxyl groups excluding tert-OH is 1. The lowest BCUT2D eigenvalue weighted by Gasteiger charge is -2.35. The maximum absolute atomic E-state index is 9.14. The van der Waals surface area contributed by atoms with Gasteiger partial charge in [-0.1, -0.05) is 12.8 Å². The smallest absolute Gasteiger partial charge is 0.0672 e. The molecule has 14 heavy (non-hydrogen) atoms. The summed E-state index contributed by atoms with van der Waals surface area (Å²) < 4.78 is 0. The highest BCUT2D eigenvalue weighted by Crippen LogP contribution is 2.25. The summed E-state index contributed by atoms with van der Waals surface area (Å²) in [6.07, 6.45) is 4.41. The molecule has 1 fully saturated rings. The highest BCUT2D eigenvalue weighted by atomic mass is 16.3. The molecule has 0 bridgehead atoms. The molecule has 0 radical (unpaired) electrons. The zero-order chi connectivity index (χ0) is 10.6. The Morgan fingerprint density at radius 3 is 2.64 bits per heavy atom. The van der Waals surface area contributed by atoms with Crippen LogP contribution in [0, 0.1) is 17.2 Å². The third-order valence-electron chi connectivity index (χ3n) is 2.90. The summed E-state index contributed by atoms with van der Waals surface area (Å²) >= 11 is 0. The predicted molar refractivity (Wildman–Crippen MR) is 55.7 cm³/mol. The Morgan fingerprint density at radius 2 is 2.07 bits per heavy atom. The van der Waals surface area contributed by atoms with Crippen LogP contribution in [0.25, 0.3) is 0 Å². The van der Waals surface area contributed by atoms with Crippen molar-refractivity contribution in [3.63, 3.8) is 0 Å². The summed E-state index contributed by atoms with van der Waals surface area (Å²) in [6.45, 7) is 4.05. The van der Waals surface area contributed by atoms with E-state index in [9.17, 15) is 0 Å². The van der Waals surface area contributed by atoms with Crippen molar-refractivity contribution < 1.29 is 5.11 Å². The van der Waals surface area contributed by atoms with Crippen LogP contribution in [0.2, 0.25) is 0 Å². The van der Waals surface area contributed by atoms with Crippen LogP contribution < -0.4 is 5.32 Å². The number of hydrogen-bond donors (Lipinski definition) is 2. The summed E-state index contributed by atoms with van der Waals surface area (Å²) in [5.41, 5.74) is -0.267. The molecule has 1 saturated carbocycles. The van der Waals surface area contributed by atoms with Crippen molar-refractivity contribution in [2.75, 3.05) is 6.61 Å². The second-order valence-corrected chi connectivity index (χ2v) is 4.81. The molecule has 0 aliphatic heterocycles. The van der Waals surface area contributed by atoms with Crippen LogP contribution in [0.3, 0.4) is 0 Å². The summed E-state index contributed by atoms with van der Waals surface area (Å²) in [4.78, 5) is 0. The van der Waals surface area contributed by atoms with Crippen LogP contribution >= 0.6 is 0 Å². The van der Waals surface area contributed by atoms with Gasteiger partial charge in [0.05, 0.1) is 18.6 Å². The fourth-order valence-electron chi connectivity index (χ4n) is 2.01. The number of nitrogens with one attached hydrogen (secondary N) is 1. The van der Waals surface area contributed by atoms with Crippen molar-refractivity contribution in [1.29, 1.82) is 5.26 Å². The molecule has 2 atom stereocenters. The first-order chi connectivity index (χ1) is 6.59. The highest BCUT2D eigenvalue weighted by Gasteiger charge is 2.29. The van der Waals surface area contributed by atoms with Gasteiger partial charge >= 0.3 is 0 Å². The van der Waals surface area contributed by atoms with Crippen LogP contribution in [0.1, 0.15) is 39.5 Å². The van der Waals surface area contributed by atoms with Crippen molar-refractivity contribution in [3.05, 3.63) is 0 Å². The first-order valence-corrected chi connectivity index (χ1v) is 5.37. The van der Waals surface area contributed by atoms with Crippen LogP contribution in [0.15, 0.2) is 0 Å². The summed E-state index contributed by atoms with van der Waals surface area (Å²) in [7, 11) is 0. The molecule has 3 heteroatoms. The van der Waals surface area contributed by atoms with Gasteiger partial charge in [-0.2, -0.15) is 5.26 Å². The third kappa shape index (κ3) is 2.97. The fraction of sp³-hybridized carbons (Fsp3) is 0.909. The van der Waals surface area contributed by atoms with E-state index in [0.29, 0.717) is 0 Å². The van der Waals surface area contributed by atoms with Gasteiger partial charge in [-0.15, -0.1) is 0 Å². The minimum Gasteiger partial charge on any atom is -0.394 e. The van der Waals surface area contributed by atoms with Crippen molar-refractivity contribution in [3.8, 4) is 6.07 Å². The van der Waals surface area contributed by atoms with E-state index in [1.54, 1.807) is 0 Å². The van der Waals surface area contributed by atoms with E-state index in [1.807, 2.05) is 13.8 Å². The van der Waals surface area contributed by atoms with Crippen molar-refractivity contribution >= 4 is 0 Å². The average molecular weight is 196 g/mol. The van der Waals surface area contributed by atoms with Crippen molar-refractivity contribution in [1.82, 2.24) is 5.32 Å². The first-order valence-electron chi connectivity index (χ1n) is 5.37. The lowest BCUT2D eigenvalue weighted by Crippen LogP contribution is -2.51. The van der Waals surface area contributed by atoms with Gasteiger partial charge in [0.15, 0.2) is 0 Å². The van der Waals surface area contributed by atoms with Gasteiger partial charge in [-0.25, -0.2) is 0 Å². The third-order valence-corrected chi connectivity index (χ3v) is 2.90. The molecule has 2 unspecified atom stereocenters. The molecule has 0 aromatic rings. The molecule has 3 nitrogen and oxygen atoms in total. The lowest BCUT2D eigenvalue weighted by atomic mass is 9.84. The van der Waals surface area contributed by atoms with Crippen LogP contribution in [0.5, 0.6) is 0 Å². The summed E-state index contributed by atoms with van der Waals surface area (Å²) in [5, 5.41) is 21.5. The fourth-order valence-corrected chi connectivity index (χ4v) is 2.01. The van der Waals surface area contributed by atoms with Gasteiger partial charge in [0.1, 0.15) is 0 Å². The van der Waals surface area contributed by atoms with E-state index in [-0.39, 0.29) is 24.1 Å². The Balaban J connectivity index is 2.53. The SMILES string of the molecule is CC(C)(CO)NC1CCCCC1C#N. The molecule has 1 aliphatic carbocycles. The minimum absolute atomic E-state index is 0.113. The standard InChI is InChI=1S/C11H20N2O/c1-11(2,8-14)13-10-6-4-3-5-9(10)7-12/h9-10,13-14H,3-6,8H2,1-2H3. The number of nitriles is 1. The molecule has 0 aromatic carbocycles. The molecule has 80 valence electrons. The van der Waals surface area contributed by atoms with E-state index in [0.717, 1.165) is 19.3 Å². The Hall–Kier alpha value is -0.590. The minimum atomic E-state index is -0.267. The van der Waals surface area contributed by atoms with Crippen LogP contribution in [0.4, 0.5) is 0 Å². The molecule has 1 aliphatic rings. The number of aliphatic hydroxyl groups is 1. The van der Waals surface area contributed by atoms with E-state index >= 15 is 0 Å². The van der Waals surface area contributed by atoms with Gasteiger partial charge in [0, 0.05) is 11.6 Å². The molecule has 0 spiro atoms. The quantitative estimate of drug-likeness (QED) is 0.718. The molecule has 0 heterocycles. The Morgan fingerprint density at radius 1 is 1.43 bits per heavy atom. The Labute approximate surface area is 86.1 Å². The maximum atomic E-state index is 9.14. The lowest BCUT2D eigenvalue weighted by molar-refractivity contribution is 0.154. The molecular formula is C11H20N2O. The van der Waals surface area contributed by atoms with E-state index in [1.165, 1.54) is 6.42 Å². The molecule has 0 saturated heterocycles. The van der Waals surface area contributed by atoms with E-state index in [4.69, 9.17) is 10.4 Å². The predicted octanol–water partition coefficient (Wildman–Crippen LogP) is 1.43. The van der Waals surface area contributed by atoms with E-state index in [2.05, 4.69) is 11.4 Å². The second kappa shape index (κ2) is 4.77. The van der Waals surface area contributed by atoms with Crippen LogP contribution in [-0.4, -0.2) is 23.3 Å². The average Bonchev–Trinajstić information content (AvgIpc) is 2.18. The zero-order valence-electron chi connectivity index (χ0n) is 9.08. The van der Waals surface area contributed by atoms with Gasteiger partial charge < -0.3 is 10.4 Å². The first kappa shape index (κ1) is 11.5. The summed E-state index contributed by atoms with van der Waals surface area (Å²) in [6, 6.07) is 2.62. The highest BCUT2D eigenvalue weighted by molar-refractivity contribution is 4.97. The number of hydrogen-bond acceptors (Lipinski definition) is 3. The van der Waals surface area contributed by atoms with Gasteiger partial charge in [-0.3, -0.25) is 0 Å². The topological polar surface area (TPSA) is 56.0 Å². The van der Waals surface area contributed by atoms with Gasteiger partial charge in [-0.05, 0) is 26.7 Å². The molecule has 0 aromatic heterocycles. The van der Waals surface area contributed by atoms with Crippen LogP contribution in [-0.2, 0) is 0 Å². The molecule has 1 rings (SSSR count). The Bertz CT molecular complexity index is 220. The zero-order valence-corrected chi connectivity index (χ0v) is 9.08. The Kier molecular flexibility index (Phi) is 3.91. The summed E-state index contributed by atoms with van der Waals surface area (Å²) in [5.74, 6) is 0.120. The van der Waals surface area contributed by atoms with Gasteiger partial charge in [0.2, 0.25) is 0 Å². The largest absolute Gasteiger partial charge is 0.394 e.